The van der Waals surface area contributed by atoms with E-state index >= 15 is 0 Å². The highest BCUT2D eigenvalue weighted by Gasteiger charge is 2.21. The van der Waals surface area contributed by atoms with E-state index in [9.17, 15) is 2.74 Å². The Labute approximate surface area is 281 Å². The predicted octanol–water partition coefficient (Wildman–Crippen LogP) is 12.6. The molecule has 0 amide bonds. The zero-order chi connectivity index (χ0) is 41.9. The lowest BCUT2D eigenvalue weighted by Gasteiger charge is -2.20. The normalized spacial score (nSPS) is 15.9. The summed E-state index contributed by atoms with van der Waals surface area (Å²) in [5.41, 5.74) is 1.88. The van der Waals surface area contributed by atoms with Crippen LogP contribution in [0.15, 0.2) is 174 Å². The topological polar surface area (TPSA) is 13.1 Å². The molecule has 1 aromatic heterocycles. The van der Waals surface area contributed by atoms with Crippen molar-refractivity contribution in [3.63, 3.8) is 0 Å². The van der Waals surface area contributed by atoms with Gasteiger partial charge in [0.15, 0.2) is 0 Å². The van der Waals surface area contributed by atoms with E-state index in [-0.39, 0.29) is 11.1 Å². The fourth-order valence-corrected chi connectivity index (χ4v) is 6.20. The van der Waals surface area contributed by atoms with E-state index in [0.717, 1.165) is 5.39 Å². The first-order chi connectivity index (χ1) is 28.1. The van der Waals surface area contributed by atoms with Crippen LogP contribution in [0.4, 0.5) is 0 Å². The highest BCUT2D eigenvalue weighted by atomic mass is 16.3. The second-order valence-corrected chi connectivity index (χ2v) is 10.6. The van der Waals surface area contributed by atoms with Crippen molar-refractivity contribution >= 4 is 43.5 Å². The van der Waals surface area contributed by atoms with Crippen molar-refractivity contribution in [3.05, 3.63) is 170 Å². The van der Waals surface area contributed by atoms with Crippen molar-refractivity contribution in [2.45, 2.75) is 0 Å². The van der Waals surface area contributed by atoms with Crippen LogP contribution in [0.5, 0.6) is 0 Å². The van der Waals surface area contributed by atoms with Gasteiger partial charge in [-0.3, -0.25) is 0 Å². The molecule has 9 rings (SSSR count). The monoisotopic (exact) mass is 586 g/mol. The maximum absolute atomic E-state index is 9.36. The molecule has 0 unspecified atom stereocenters. The summed E-state index contributed by atoms with van der Waals surface area (Å²) in [4.78, 5) is 0. The number of hydrogen-bond donors (Lipinski definition) is 0. The van der Waals surface area contributed by atoms with Crippen LogP contribution in [0.2, 0.25) is 0 Å². The largest absolute Gasteiger partial charge is 0.456 e. The Kier molecular flexibility index (Phi) is 3.50. The Bertz CT molecular complexity index is 3190. The maximum Gasteiger partial charge on any atom is 0.136 e. The first-order valence-electron chi connectivity index (χ1n) is 21.3. The van der Waals surface area contributed by atoms with Gasteiger partial charge in [-0.05, 0) is 84.3 Å². The number of para-hydroxylation sites is 1. The molecule has 45 heavy (non-hydrogen) atoms. The van der Waals surface area contributed by atoms with Crippen LogP contribution in [0.25, 0.3) is 88.0 Å². The van der Waals surface area contributed by atoms with Crippen LogP contribution in [-0.2, 0) is 0 Å². The van der Waals surface area contributed by atoms with Crippen molar-refractivity contribution in [1.29, 1.82) is 0 Å². The van der Waals surface area contributed by atoms with E-state index < -0.39 is 95.7 Å². The van der Waals surface area contributed by atoms with Gasteiger partial charge in [0.25, 0.3) is 0 Å². The van der Waals surface area contributed by atoms with Gasteiger partial charge in [-0.2, -0.15) is 0 Å². The summed E-state index contributed by atoms with van der Waals surface area (Å²) in [6.45, 7) is 0. The minimum absolute atomic E-state index is 0.0155. The summed E-state index contributed by atoms with van der Waals surface area (Å²) in [6, 6.07) is 17.6. The SMILES string of the molecule is [2H]c1c([2H])c([2H])c(-c2cc3c(cc2-c2c4ccccc4c(-c4c([2H])c([2H])c(-c5c([2H])c([2H])c([2H])c([2H])c5[2H])c([2H])c4[2H])c4ccccc24)oc2ccccc23)c([2H])c1[2H]. The van der Waals surface area contributed by atoms with Gasteiger partial charge in [0.1, 0.15) is 11.2 Å². The molecule has 0 saturated heterocycles. The lowest BCUT2D eigenvalue weighted by molar-refractivity contribution is 0.669. The molecular formula is C44H28O. The third kappa shape index (κ3) is 4.17. The quantitative estimate of drug-likeness (QED) is 0.187. The third-order valence-electron chi connectivity index (χ3n) is 8.11. The van der Waals surface area contributed by atoms with Gasteiger partial charge in [0, 0.05) is 10.8 Å². The van der Waals surface area contributed by atoms with Gasteiger partial charge in [-0.15, -0.1) is 0 Å². The molecule has 0 radical (unpaired) electrons. The van der Waals surface area contributed by atoms with Gasteiger partial charge in [-0.25, -0.2) is 0 Å². The summed E-state index contributed by atoms with van der Waals surface area (Å²) in [5.74, 6) is 0. The number of rotatable bonds is 4. The van der Waals surface area contributed by atoms with E-state index in [1.165, 1.54) is 0 Å². The van der Waals surface area contributed by atoms with Gasteiger partial charge in [0.2, 0.25) is 0 Å². The maximum atomic E-state index is 9.36. The molecule has 1 nitrogen and oxygen atoms in total. The lowest BCUT2D eigenvalue weighted by Crippen LogP contribution is -1.93. The number of furan rings is 1. The third-order valence-corrected chi connectivity index (χ3v) is 8.11. The molecule has 0 atom stereocenters. The summed E-state index contributed by atoms with van der Waals surface area (Å²) in [5, 5.41) is 3.61. The Morgan fingerprint density at radius 1 is 0.356 bits per heavy atom. The Morgan fingerprint density at radius 3 is 1.47 bits per heavy atom. The number of fused-ring (bicyclic) bond motifs is 5. The van der Waals surface area contributed by atoms with Crippen LogP contribution in [-0.4, -0.2) is 0 Å². The number of hydrogen-bond acceptors (Lipinski definition) is 1. The standard InChI is InChI=1S/C44H28O/c1-3-13-29(14-4-1)30-23-25-32(26-24-30)43-34-18-7-9-20-36(34)44(37-21-10-8-19-35(37)43)40-28-42-39(33-17-11-12-22-41(33)45-42)27-38(40)31-15-5-2-6-16-31/h1-28H/i1D,2D,3D,4D,5D,6D,13D,14D,15D,16D,23D,24D,25D,26D. The molecule has 9 aromatic rings. The van der Waals surface area contributed by atoms with Crippen LogP contribution < -0.4 is 0 Å². The summed E-state index contributed by atoms with van der Waals surface area (Å²) >= 11 is 0. The average molecular weight is 587 g/mol. The van der Waals surface area contributed by atoms with E-state index in [4.69, 9.17) is 20.9 Å². The highest BCUT2D eigenvalue weighted by Crippen LogP contribution is 2.48. The molecule has 0 N–H and O–H groups in total. The van der Waals surface area contributed by atoms with E-state index in [1.807, 2.05) is 36.4 Å². The Hall–Kier alpha value is -5.92. The molecule has 0 aliphatic carbocycles. The van der Waals surface area contributed by atoms with Crippen molar-refractivity contribution in [2.24, 2.45) is 0 Å². The van der Waals surface area contributed by atoms with Crippen molar-refractivity contribution < 1.29 is 23.6 Å². The minimum atomic E-state index is -0.668. The molecule has 1 heterocycles. The van der Waals surface area contributed by atoms with Gasteiger partial charge in [0.05, 0.1) is 19.2 Å². The molecule has 0 saturated carbocycles. The molecule has 8 aromatic carbocycles. The van der Waals surface area contributed by atoms with Crippen molar-refractivity contribution in [2.75, 3.05) is 0 Å². The second-order valence-electron chi connectivity index (χ2n) is 10.6. The van der Waals surface area contributed by atoms with Crippen LogP contribution in [0.1, 0.15) is 19.2 Å². The zero-order valence-corrected chi connectivity index (χ0v) is 23.5. The fourth-order valence-electron chi connectivity index (χ4n) is 6.20. The lowest BCUT2D eigenvalue weighted by atomic mass is 9.83. The zero-order valence-electron chi connectivity index (χ0n) is 37.5. The van der Waals surface area contributed by atoms with Gasteiger partial charge < -0.3 is 4.42 Å². The molecule has 1 heteroatoms. The number of benzene rings is 8. The first kappa shape index (κ1) is 15.2. The molecular weight excluding hydrogens is 544 g/mol. The van der Waals surface area contributed by atoms with Crippen molar-refractivity contribution in [3.8, 4) is 44.5 Å². The van der Waals surface area contributed by atoms with Crippen LogP contribution >= 0.6 is 0 Å². The summed E-state index contributed by atoms with van der Waals surface area (Å²) in [7, 11) is 0. The van der Waals surface area contributed by atoms with Crippen LogP contribution in [0, 0.1) is 0 Å². The molecule has 210 valence electrons. The van der Waals surface area contributed by atoms with Crippen molar-refractivity contribution in [1.82, 2.24) is 0 Å². The second kappa shape index (κ2) is 10.4. The van der Waals surface area contributed by atoms with E-state index in [0.29, 0.717) is 60.4 Å². The molecule has 0 aliphatic rings. The molecule has 0 aliphatic heterocycles. The van der Waals surface area contributed by atoms with Gasteiger partial charge in [-0.1, -0.05) is 151 Å². The minimum Gasteiger partial charge on any atom is -0.456 e. The Morgan fingerprint density at radius 2 is 0.844 bits per heavy atom. The first-order valence-corrected chi connectivity index (χ1v) is 14.3. The molecule has 0 fully saturated rings. The van der Waals surface area contributed by atoms with Gasteiger partial charge >= 0.3 is 0 Å². The predicted molar refractivity (Wildman–Crippen MR) is 190 cm³/mol. The fraction of sp³-hybridized carbons (Fsp3) is 0. The summed E-state index contributed by atoms with van der Waals surface area (Å²) < 4.78 is 128. The molecule has 0 bridgehead atoms. The summed E-state index contributed by atoms with van der Waals surface area (Å²) in [6.07, 6.45) is 0. The van der Waals surface area contributed by atoms with Crippen LogP contribution in [0.3, 0.4) is 0 Å². The smallest absolute Gasteiger partial charge is 0.136 e. The van der Waals surface area contributed by atoms with E-state index in [1.54, 1.807) is 48.5 Å². The average Bonchev–Trinajstić information content (AvgIpc) is 3.61. The Balaban J connectivity index is 1.43. The highest BCUT2D eigenvalue weighted by molar-refractivity contribution is 6.23. The van der Waals surface area contributed by atoms with E-state index in [2.05, 4.69) is 0 Å². The molecule has 0 spiro atoms.